The molecule has 1 aliphatic rings. The molecule has 0 unspecified atom stereocenters. The number of carbonyl (C=O) groups is 1. The van der Waals surface area contributed by atoms with Crippen molar-refractivity contribution >= 4 is 33.1 Å². The summed E-state index contributed by atoms with van der Waals surface area (Å²) in [5.74, 6) is 0.189. The summed E-state index contributed by atoms with van der Waals surface area (Å²) in [7, 11) is 0. The number of hydrogen-bond acceptors (Lipinski definition) is 3. The van der Waals surface area contributed by atoms with Gasteiger partial charge in [-0.1, -0.05) is 36.4 Å². The molecule has 0 spiro atoms. The third-order valence-electron chi connectivity index (χ3n) is 3.84. The first kappa shape index (κ1) is 12.5. The molecule has 1 fully saturated rings. The minimum atomic E-state index is 0.189. The smallest absolute Gasteiger partial charge is 0.228 e. The van der Waals surface area contributed by atoms with Gasteiger partial charge in [0.25, 0.3) is 0 Å². The second-order valence-electron chi connectivity index (χ2n) is 5.23. The highest BCUT2D eigenvalue weighted by molar-refractivity contribution is 7.14. The summed E-state index contributed by atoms with van der Waals surface area (Å²) < 4.78 is 0. The van der Waals surface area contributed by atoms with E-state index < -0.39 is 0 Å². The molecule has 0 bridgehead atoms. The third kappa shape index (κ3) is 2.21. The Hall–Kier alpha value is -2.20. The summed E-state index contributed by atoms with van der Waals surface area (Å²) in [4.78, 5) is 18.2. The molecule has 3 nitrogen and oxygen atoms in total. The number of hydrogen-bond donors (Lipinski definition) is 0. The van der Waals surface area contributed by atoms with Crippen molar-refractivity contribution < 1.29 is 4.79 Å². The molecule has 21 heavy (non-hydrogen) atoms. The number of benzene rings is 2. The number of carbonyl (C=O) groups excluding carboxylic acids is 1. The summed E-state index contributed by atoms with van der Waals surface area (Å²) in [6.45, 7) is 0.795. The summed E-state index contributed by atoms with van der Waals surface area (Å²) in [6.07, 6.45) is 1.58. The minimum absolute atomic E-state index is 0.189. The zero-order chi connectivity index (χ0) is 14.2. The van der Waals surface area contributed by atoms with Crippen molar-refractivity contribution in [2.24, 2.45) is 0 Å². The average molecular weight is 294 g/mol. The van der Waals surface area contributed by atoms with E-state index in [4.69, 9.17) is 0 Å². The van der Waals surface area contributed by atoms with Crippen LogP contribution in [0.25, 0.3) is 22.0 Å². The van der Waals surface area contributed by atoms with E-state index in [2.05, 4.69) is 35.3 Å². The van der Waals surface area contributed by atoms with E-state index >= 15 is 0 Å². The number of rotatable bonds is 2. The fraction of sp³-hybridized carbons (Fsp3) is 0.176. The maximum atomic E-state index is 11.8. The Labute approximate surface area is 126 Å². The molecular weight excluding hydrogens is 280 g/mol. The van der Waals surface area contributed by atoms with Gasteiger partial charge >= 0.3 is 0 Å². The van der Waals surface area contributed by atoms with Crippen LogP contribution in [0.5, 0.6) is 0 Å². The summed E-state index contributed by atoms with van der Waals surface area (Å²) >= 11 is 1.54. The second-order valence-corrected chi connectivity index (χ2v) is 6.06. The monoisotopic (exact) mass is 294 g/mol. The Morgan fingerprint density at radius 2 is 1.95 bits per heavy atom. The Bertz CT molecular complexity index is 824. The standard InChI is InChI=1S/C17H14N2OS/c20-16-6-3-9-19(16)17-18-15(11-21-17)14-8-7-12-4-1-2-5-13(12)10-14/h1-2,4-5,7-8,10-11H,3,6,9H2. The molecule has 4 rings (SSSR count). The first-order valence-electron chi connectivity index (χ1n) is 7.06. The fourth-order valence-electron chi connectivity index (χ4n) is 2.72. The summed E-state index contributed by atoms with van der Waals surface area (Å²) in [6, 6.07) is 14.7. The van der Waals surface area contributed by atoms with E-state index in [-0.39, 0.29) is 5.91 Å². The highest BCUT2D eigenvalue weighted by Gasteiger charge is 2.24. The van der Waals surface area contributed by atoms with Crippen molar-refractivity contribution in [1.82, 2.24) is 4.98 Å². The molecule has 1 amide bonds. The predicted octanol–water partition coefficient (Wildman–Crippen LogP) is 4.09. The largest absolute Gasteiger partial charge is 0.288 e. The molecule has 3 aromatic rings. The van der Waals surface area contributed by atoms with Gasteiger partial charge in [-0.05, 0) is 23.3 Å². The van der Waals surface area contributed by atoms with Crippen LogP contribution in [0.15, 0.2) is 47.8 Å². The lowest BCUT2D eigenvalue weighted by atomic mass is 10.1. The van der Waals surface area contributed by atoms with E-state index in [1.54, 1.807) is 16.2 Å². The lowest BCUT2D eigenvalue weighted by molar-refractivity contribution is -0.117. The molecule has 4 heteroatoms. The second kappa shape index (κ2) is 4.97. The predicted molar refractivity (Wildman–Crippen MR) is 86.6 cm³/mol. The molecule has 2 aromatic carbocycles. The van der Waals surface area contributed by atoms with Gasteiger partial charge in [-0.15, -0.1) is 11.3 Å². The van der Waals surface area contributed by atoms with Crippen LogP contribution < -0.4 is 4.90 Å². The molecular formula is C17H14N2OS. The van der Waals surface area contributed by atoms with Gasteiger partial charge in [-0.2, -0.15) is 0 Å². The molecule has 0 N–H and O–H groups in total. The Kier molecular flexibility index (Phi) is 2.97. The highest BCUT2D eigenvalue weighted by Crippen LogP contribution is 2.31. The zero-order valence-electron chi connectivity index (χ0n) is 11.5. The highest BCUT2D eigenvalue weighted by atomic mass is 32.1. The van der Waals surface area contributed by atoms with E-state index in [0.717, 1.165) is 29.4 Å². The van der Waals surface area contributed by atoms with Gasteiger partial charge in [0.1, 0.15) is 0 Å². The number of nitrogens with zero attached hydrogens (tertiary/aromatic N) is 2. The van der Waals surface area contributed by atoms with E-state index in [1.807, 2.05) is 17.5 Å². The normalized spacial score (nSPS) is 15.0. The van der Waals surface area contributed by atoms with Crippen LogP contribution in [-0.2, 0) is 4.79 Å². The first-order chi connectivity index (χ1) is 10.3. The number of aromatic nitrogens is 1. The number of amides is 1. The van der Waals surface area contributed by atoms with Gasteiger partial charge in [0.2, 0.25) is 5.91 Å². The van der Waals surface area contributed by atoms with E-state index in [1.165, 1.54) is 10.8 Å². The van der Waals surface area contributed by atoms with E-state index in [0.29, 0.717) is 6.42 Å². The van der Waals surface area contributed by atoms with Crippen LogP contribution in [0.2, 0.25) is 0 Å². The third-order valence-corrected chi connectivity index (χ3v) is 4.71. The van der Waals surface area contributed by atoms with Crippen LogP contribution in [-0.4, -0.2) is 17.4 Å². The van der Waals surface area contributed by atoms with Crippen LogP contribution in [0, 0.1) is 0 Å². The molecule has 2 heterocycles. The zero-order valence-corrected chi connectivity index (χ0v) is 12.3. The van der Waals surface area contributed by atoms with Crippen molar-refractivity contribution in [2.75, 3.05) is 11.4 Å². The quantitative estimate of drug-likeness (QED) is 0.713. The SMILES string of the molecule is O=C1CCCN1c1nc(-c2ccc3ccccc3c2)cs1. The average Bonchev–Trinajstić information content (AvgIpc) is 3.15. The van der Waals surface area contributed by atoms with Crippen LogP contribution in [0.4, 0.5) is 5.13 Å². The number of fused-ring (bicyclic) bond motifs is 1. The van der Waals surface area contributed by atoms with Gasteiger partial charge in [-0.25, -0.2) is 4.98 Å². The molecule has 104 valence electrons. The van der Waals surface area contributed by atoms with Crippen LogP contribution >= 0.6 is 11.3 Å². The maximum absolute atomic E-state index is 11.8. The molecule has 0 radical (unpaired) electrons. The Morgan fingerprint density at radius 3 is 2.76 bits per heavy atom. The van der Waals surface area contributed by atoms with Crippen molar-refractivity contribution in [2.45, 2.75) is 12.8 Å². The molecule has 0 aliphatic carbocycles. The molecule has 1 saturated heterocycles. The fourth-order valence-corrected chi connectivity index (χ4v) is 3.60. The lowest BCUT2D eigenvalue weighted by Crippen LogP contribution is -2.23. The van der Waals surface area contributed by atoms with Crippen molar-refractivity contribution in [1.29, 1.82) is 0 Å². The molecule has 1 aromatic heterocycles. The Balaban J connectivity index is 1.72. The Morgan fingerprint density at radius 1 is 1.10 bits per heavy atom. The van der Waals surface area contributed by atoms with Gasteiger partial charge in [0, 0.05) is 23.9 Å². The van der Waals surface area contributed by atoms with Crippen molar-refractivity contribution in [3.63, 3.8) is 0 Å². The molecule has 0 atom stereocenters. The van der Waals surface area contributed by atoms with Crippen molar-refractivity contribution in [3.05, 3.63) is 47.8 Å². The minimum Gasteiger partial charge on any atom is -0.288 e. The van der Waals surface area contributed by atoms with Gasteiger partial charge in [-0.3, -0.25) is 9.69 Å². The summed E-state index contributed by atoms with van der Waals surface area (Å²) in [5.41, 5.74) is 2.04. The van der Waals surface area contributed by atoms with Crippen LogP contribution in [0.1, 0.15) is 12.8 Å². The summed E-state index contributed by atoms with van der Waals surface area (Å²) in [5, 5.41) is 5.29. The number of anilines is 1. The van der Waals surface area contributed by atoms with Crippen molar-refractivity contribution in [3.8, 4) is 11.3 Å². The first-order valence-corrected chi connectivity index (χ1v) is 7.94. The maximum Gasteiger partial charge on any atom is 0.228 e. The van der Waals surface area contributed by atoms with Gasteiger partial charge in [0.15, 0.2) is 5.13 Å². The van der Waals surface area contributed by atoms with E-state index in [9.17, 15) is 4.79 Å². The van der Waals surface area contributed by atoms with Gasteiger partial charge in [0.05, 0.1) is 5.69 Å². The van der Waals surface area contributed by atoms with Gasteiger partial charge < -0.3 is 0 Å². The molecule has 0 saturated carbocycles. The topological polar surface area (TPSA) is 33.2 Å². The number of thiazole rings is 1. The van der Waals surface area contributed by atoms with Crippen LogP contribution in [0.3, 0.4) is 0 Å². The lowest BCUT2D eigenvalue weighted by Gasteiger charge is -2.10. The molecule has 1 aliphatic heterocycles.